The summed E-state index contributed by atoms with van der Waals surface area (Å²) < 4.78 is 8.21. The summed E-state index contributed by atoms with van der Waals surface area (Å²) in [5.74, 6) is 0.741. The fourth-order valence-corrected chi connectivity index (χ4v) is 7.14. The predicted molar refractivity (Wildman–Crippen MR) is 191 cm³/mol. The summed E-state index contributed by atoms with van der Waals surface area (Å²) in [5, 5.41) is 19.0. The van der Waals surface area contributed by atoms with Crippen molar-refractivity contribution in [2.45, 2.75) is 0 Å². The third kappa shape index (κ3) is 3.77. The van der Waals surface area contributed by atoms with Crippen LogP contribution in [-0.4, -0.2) is 19.6 Å². The first-order valence-corrected chi connectivity index (χ1v) is 15.6. The van der Waals surface area contributed by atoms with Gasteiger partial charge in [-0.2, -0.15) is 0 Å². The molecule has 0 aliphatic carbocycles. The molecule has 10 aromatic rings. The van der Waals surface area contributed by atoms with Crippen LogP contribution in [0, 0.1) is 0 Å². The van der Waals surface area contributed by atoms with Crippen LogP contribution >= 0.6 is 0 Å². The molecule has 0 bridgehead atoms. The Bertz CT molecular complexity index is 2870. The lowest BCUT2D eigenvalue weighted by Gasteiger charge is -2.13. The van der Waals surface area contributed by atoms with E-state index < -0.39 is 0 Å². The fraction of sp³-hybridized carbons (Fsp3) is 0. The highest BCUT2D eigenvalue weighted by Crippen LogP contribution is 2.42. The van der Waals surface area contributed by atoms with E-state index in [2.05, 4.69) is 95.6 Å². The molecule has 7 aromatic carbocycles. The number of aromatic hydroxyl groups is 1. The van der Waals surface area contributed by atoms with E-state index in [0.29, 0.717) is 17.0 Å². The fourth-order valence-electron chi connectivity index (χ4n) is 7.14. The minimum absolute atomic E-state index is 0.103. The Morgan fingerprint density at radius 3 is 2.11 bits per heavy atom. The van der Waals surface area contributed by atoms with Gasteiger partial charge in [0.05, 0.1) is 27.8 Å². The lowest BCUT2D eigenvalue weighted by molar-refractivity contribution is 0.476. The molecule has 1 N–H and O–H groups in total. The van der Waals surface area contributed by atoms with E-state index >= 15 is 0 Å². The minimum atomic E-state index is 0.103. The van der Waals surface area contributed by atoms with Gasteiger partial charge in [-0.3, -0.25) is 4.57 Å². The molecule has 0 amide bonds. The highest BCUT2D eigenvalue weighted by Gasteiger charge is 2.23. The number of fused-ring (bicyclic) bond motifs is 9. The second-order valence-corrected chi connectivity index (χ2v) is 11.9. The number of pyridine rings is 1. The van der Waals surface area contributed by atoms with E-state index in [9.17, 15) is 5.11 Å². The SMILES string of the molecule is Oc1cc2oc3ccccc3c2cc1-c1nc2c(-c3nc4c5ccccc5ccc4c4ccccc34)cccc2n1-c1ccccc1. The second-order valence-electron chi connectivity index (χ2n) is 11.9. The van der Waals surface area contributed by atoms with E-state index in [-0.39, 0.29) is 5.75 Å². The number of aromatic nitrogens is 3. The molecule has 0 atom stereocenters. The van der Waals surface area contributed by atoms with Gasteiger partial charge in [-0.15, -0.1) is 0 Å². The van der Waals surface area contributed by atoms with Crippen molar-refractivity contribution in [2.24, 2.45) is 0 Å². The molecule has 0 unspecified atom stereocenters. The minimum Gasteiger partial charge on any atom is -0.507 e. The van der Waals surface area contributed by atoms with Crippen LogP contribution in [0.3, 0.4) is 0 Å². The maximum absolute atomic E-state index is 11.5. The van der Waals surface area contributed by atoms with E-state index in [4.69, 9.17) is 14.4 Å². The molecule has 0 spiro atoms. The topological polar surface area (TPSA) is 64.1 Å². The van der Waals surface area contributed by atoms with Crippen LogP contribution in [0.25, 0.3) is 93.8 Å². The Labute approximate surface area is 268 Å². The molecule has 0 aliphatic rings. The Morgan fingerprint density at radius 2 is 1.23 bits per heavy atom. The van der Waals surface area contributed by atoms with Crippen LogP contribution in [-0.2, 0) is 0 Å². The molecule has 0 saturated carbocycles. The van der Waals surface area contributed by atoms with Gasteiger partial charge in [-0.05, 0) is 41.1 Å². The highest BCUT2D eigenvalue weighted by molar-refractivity contribution is 6.19. The van der Waals surface area contributed by atoms with E-state index in [1.165, 1.54) is 0 Å². The van der Waals surface area contributed by atoms with Crippen LogP contribution in [0.5, 0.6) is 5.75 Å². The second kappa shape index (κ2) is 9.77. The average Bonchev–Trinajstić information content (AvgIpc) is 3.69. The molecule has 0 fully saturated rings. The van der Waals surface area contributed by atoms with Crippen LogP contribution < -0.4 is 0 Å². The van der Waals surface area contributed by atoms with Gasteiger partial charge >= 0.3 is 0 Å². The normalized spacial score (nSPS) is 11.9. The largest absolute Gasteiger partial charge is 0.507 e. The molecule has 220 valence electrons. The Kier molecular flexibility index (Phi) is 5.37. The maximum atomic E-state index is 11.5. The van der Waals surface area contributed by atoms with Crippen LogP contribution in [0.15, 0.2) is 150 Å². The van der Waals surface area contributed by atoms with Crippen molar-refractivity contribution in [1.29, 1.82) is 0 Å². The Balaban J connectivity index is 1.32. The molecule has 5 heteroatoms. The molecule has 0 saturated heterocycles. The zero-order valence-electron chi connectivity index (χ0n) is 25.1. The number of benzene rings is 7. The number of furan rings is 1. The molecule has 0 aliphatic heterocycles. The number of phenols is 1. The number of nitrogens with zero attached hydrogens (tertiary/aromatic N) is 3. The molecule has 3 heterocycles. The van der Waals surface area contributed by atoms with Crippen molar-refractivity contribution in [2.75, 3.05) is 0 Å². The number of para-hydroxylation sites is 3. The highest BCUT2D eigenvalue weighted by atomic mass is 16.3. The van der Waals surface area contributed by atoms with Crippen molar-refractivity contribution in [3.05, 3.63) is 146 Å². The summed E-state index contributed by atoms with van der Waals surface area (Å²) in [4.78, 5) is 10.8. The average molecular weight is 604 g/mol. The van der Waals surface area contributed by atoms with E-state index in [1.54, 1.807) is 6.07 Å². The van der Waals surface area contributed by atoms with E-state index in [0.717, 1.165) is 76.8 Å². The van der Waals surface area contributed by atoms with Gasteiger partial charge in [0, 0.05) is 44.2 Å². The van der Waals surface area contributed by atoms with Gasteiger partial charge in [0.2, 0.25) is 0 Å². The monoisotopic (exact) mass is 603 g/mol. The summed E-state index contributed by atoms with van der Waals surface area (Å²) in [6.07, 6.45) is 0. The van der Waals surface area contributed by atoms with Gasteiger partial charge < -0.3 is 9.52 Å². The summed E-state index contributed by atoms with van der Waals surface area (Å²) in [7, 11) is 0. The molecule has 10 rings (SSSR count). The third-order valence-corrected chi connectivity index (χ3v) is 9.29. The predicted octanol–water partition coefficient (Wildman–Crippen LogP) is 10.8. The van der Waals surface area contributed by atoms with Gasteiger partial charge in [0.1, 0.15) is 22.7 Å². The van der Waals surface area contributed by atoms with Crippen molar-refractivity contribution in [3.63, 3.8) is 0 Å². The molecule has 3 aromatic heterocycles. The van der Waals surface area contributed by atoms with Crippen molar-refractivity contribution in [3.8, 4) is 34.1 Å². The number of imidazole rings is 1. The maximum Gasteiger partial charge on any atom is 0.149 e. The van der Waals surface area contributed by atoms with Crippen molar-refractivity contribution >= 4 is 65.4 Å². The molecular formula is C42H25N3O2. The van der Waals surface area contributed by atoms with Crippen LogP contribution in [0.4, 0.5) is 0 Å². The summed E-state index contributed by atoms with van der Waals surface area (Å²) in [5.41, 5.74) is 7.47. The smallest absolute Gasteiger partial charge is 0.149 e. The first-order valence-electron chi connectivity index (χ1n) is 15.6. The quantitative estimate of drug-likeness (QED) is 0.204. The van der Waals surface area contributed by atoms with Crippen molar-refractivity contribution < 1.29 is 9.52 Å². The summed E-state index contributed by atoms with van der Waals surface area (Å²) >= 11 is 0. The zero-order chi connectivity index (χ0) is 31.1. The summed E-state index contributed by atoms with van der Waals surface area (Å²) in [6, 6.07) is 49.3. The summed E-state index contributed by atoms with van der Waals surface area (Å²) in [6.45, 7) is 0. The Morgan fingerprint density at radius 1 is 0.489 bits per heavy atom. The zero-order valence-corrected chi connectivity index (χ0v) is 25.1. The van der Waals surface area contributed by atoms with Crippen LogP contribution in [0.1, 0.15) is 0 Å². The standard InChI is InChI=1S/C42H25N3O2/c46-36-24-38-33(29-16-8-9-20-37(29)47-38)23-34(36)42-44-41-32(18-10-19-35(41)45(42)26-12-2-1-3-13-26)40-30-17-7-6-15-28(30)31-22-21-25-11-4-5-14-27(25)39(31)43-40/h1-24,46H. The van der Waals surface area contributed by atoms with Gasteiger partial charge in [0.15, 0.2) is 0 Å². The first-order chi connectivity index (χ1) is 23.2. The lowest BCUT2D eigenvalue weighted by atomic mass is 9.97. The van der Waals surface area contributed by atoms with Gasteiger partial charge in [-0.1, -0.05) is 109 Å². The lowest BCUT2D eigenvalue weighted by Crippen LogP contribution is -1.97. The molecule has 47 heavy (non-hydrogen) atoms. The molecule has 0 radical (unpaired) electrons. The number of phenolic OH excluding ortho intramolecular Hbond substituents is 1. The number of hydrogen-bond donors (Lipinski definition) is 1. The molecular weight excluding hydrogens is 578 g/mol. The van der Waals surface area contributed by atoms with Gasteiger partial charge in [-0.25, -0.2) is 9.97 Å². The van der Waals surface area contributed by atoms with Gasteiger partial charge in [0.25, 0.3) is 0 Å². The molecule has 5 nitrogen and oxygen atoms in total. The Hall–Kier alpha value is -6.46. The van der Waals surface area contributed by atoms with E-state index in [1.807, 2.05) is 48.5 Å². The number of rotatable bonds is 3. The van der Waals surface area contributed by atoms with Crippen molar-refractivity contribution in [1.82, 2.24) is 14.5 Å². The third-order valence-electron chi connectivity index (χ3n) is 9.29. The van der Waals surface area contributed by atoms with Crippen LogP contribution in [0.2, 0.25) is 0 Å². The first kappa shape index (κ1) is 25.8. The number of hydrogen-bond acceptors (Lipinski definition) is 4.